The predicted octanol–water partition coefficient (Wildman–Crippen LogP) is 2.32. The number of carbonyl (C=O) groups excluding carboxylic acids is 1. The highest BCUT2D eigenvalue weighted by Crippen LogP contribution is 2.24. The minimum absolute atomic E-state index is 0.0579. The smallest absolute Gasteiger partial charge is 0.271 e. The molecule has 1 aromatic heterocycles. The van der Waals surface area contributed by atoms with Crippen LogP contribution in [-0.2, 0) is 0 Å². The molecule has 2 N–H and O–H groups in total. The molecule has 5 nitrogen and oxygen atoms in total. The highest BCUT2D eigenvalue weighted by Gasteiger charge is 2.23. The lowest BCUT2D eigenvalue weighted by Crippen LogP contribution is -2.37. The van der Waals surface area contributed by atoms with Crippen LogP contribution in [0.1, 0.15) is 45.1 Å². The second-order valence-electron chi connectivity index (χ2n) is 5.65. The molecule has 5 heteroatoms. The third kappa shape index (κ3) is 4.50. The molecule has 1 amide bonds. The topological polar surface area (TPSA) is 66.9 Å². The minimum Gasteiger partial charge on any atom is -0.369 e. The van der Waals surface area contributed by atoms with Crippen LogP contribution in [0.4, 0.5) is 5.82 Å². The number of nitrogens with one attached hydrogen (secondary N) is 2. The van der Waals surface area contributed by atoms with Crippen molar-refractivity contribution in [3.05, 3.63) is 18.1 Å². The molecule has 0 aliphatic carbocycles. The first-order chi connectivity index (χ1) is 8.86. The van der Waals surface area contributed by atoms with Crippen molar-refractivity contribution in [2.75, 3.05) is 18.4 Å². The van der Waals surface area contributed by atoms with Crippen molar-refractivity contribution in [3.8, 4) is 0 Å². The summed E-state index contributed by atoms with van der Waals surface area (Å²) in [4.78, 5) is 20.3. The van der Waals surface area contributed by atoms with E-state index in [1.54, 1.807) is 6.20 Å². The molecular weight excluding hydrogens is 240 g/mol. The SMILES string of the molecule is CCNc1cncc(C(=O)NCC(C)(C)C(C)C)n1. The molecule has 0 radical (unpaired) electrons. The van der Waals surface area contributed by atoms with Crippen LogP contribution >= 0.6 is 0 Å². The summed E-state index contributed by atoms with van der Waals surface area (Å²) in [7, 11) is 0. The van der Waals surface area contributed by atoms with Crippen LogP contribution in [-0.4, -0.2) is 29.0 Å². The van der Waals surface area contributed by atoms with E-state index in [4.69, 9.17) is 0 Å². The Labute approximate surface area is 115 Å². The zero-order chi connectivity index (χ0) is 14.5. The average molecular weight is 264 g/mol. The highest BCUT2D eigenvalue weighted by molar-refractivity contribution is 5.92. The molecule has 0 saturated carbocycles. The number of anilines is 1. The first-order valence-electron chi connectivity index (χ1n) is 6.71. The largest absolute Gasteiger partial charge is 0.369 e. The lowest BCUT2D eigenvalue weighted by molar-refractivity contribution is 0.0919. The van der Waals surface area contributed by atoms with Crippen molar-refractivity contribution < 1.29 is 4.79 Å². The molecule has 0 aliphatic heterocycles. The van der Waals surface area contributed by atoms with Gasteiger partial charge in [-0.05, 0) is 18.3 Å². The first-order valence-corrected chi connectivity index (χ1v) is 6.71. The van der Waals surface area contributed by atoms with Crippen LogP contribution < -0.4 is 10.6 Å². The number of nitrogens with zero attached hydrogens (tertiary/aromatic N) is 2. The molecule has 0 spiro atoms. The standard InChI is InChI=1S/C14H24N4O/c1-6-16-12-8-15-7-11(18-12)13(19)17-9-14(4,5)10(2)3/h7-8,10H,6,9H2,1-5H3,(H,16,18)(H,17,19). The van der Waals surface area contributed by atoms with Gasteiger partial charge in [-0.1, -0.05) is 27.7 Å². The fourth-order valence-corrected chi connectivity index (χ4v) is 1.34. The molecule has 1 heterocycles. The van der Waals surface area contributed by atoms with E-state index in [1.165, 1.54) is 6.20 Å². The van der Waals surface area contributed by atoms with Crippen LogP contribution in [0.25, 0.3) is 0 Å². The molecule has 0 unspecified atom stereocenters. The number of aromatic nitrogens is 2. The molecule has 0 aliphatic rings. The van der Waals surface area contributed by atoms with Crippen molar-refractivity contribution in [1.82, 2.24) is 15.3 Å². The van der Waals surface area contributed by atoms with E-state index in [9.17, 15) is 4.79 Å². The van der Waals surface area contributed by atoms with Gasteiger partial charge >= 0.3 is 0 Å². The monoisotopic (exact) mass is 264 g/mol. The highest BCUT2D eigenvalue weighted by atomic mass is 16.1. The Kier molecular flexibility index (Phi) is 5.27. The summed E-state index contributed by atoms with van der Waals surface area (Å²) in [6, 6.07) is 0. The van der Waals surface area contributed by atoms with E-state index in [2.05, 4.69) is 48.3 Å². The number of hydrogen-bond acceptors (Lipinski definition) is 4. The number of hydrogen-bond donors (Lipinski definition) is 2. The molecule has 106 valence electrons. The van der Waals surface area contributed by atoms with Gasteiger partial charge in [0.25, 0.3) is 5.91 Å². The molecule has 0 atom stereocenters. The van der Waals surface area contributed by atoms with E-state index in [-0.39, 0.29) is 11.3 Å². The summed E-state index contributed by atoms with van der Waals surface area (Å²) in [6.07, 6.45) is 3.09. The second-order valence-corrected chi connectivity index (χ2v) is 5.65. The minimum atomic E-state index is -0.180. The first kappa shape index (κ1) is 15.4. The molecule has 0 fully saturated rings. The van der Waals surface area contributed by atoms with E-state index in [0.29, 0.717) is 24.0 Å². The Bertz CT molecular complexity index is 429. The van der Waals surface area contributed by atoms with Crippen LogP contribution in [0, 0.1) is 11.3 Å². The van der Waals surface area contributed by atoms with E-state index >= 15 is 0 Å². The van der Waals surface area contributed by atoms with Gasteiger partial charge in [-0.3, -0.25) is 9.78 Å². The maximum Gasteiger partial charge on any atom is 0.271 e. The van der Waals surface area contributed by atoms with E-state index < -0.39 is 0 Å². The molecule has 0 aromatic carbocycles. The summed E-state index contributed by atoms with van der Waals surface area (Å²) < 4.78 is 0. The van der Waals surface area contributed by atoms with Crippen molar-refractivity contribution in [2.45, 2.75) is 34.6 Å². The van der Waals surface area contributed by atoms with Crippen LogP contribution in [0.15, 0.2) is 12.4 Å². The fourth-order valence-electron chi connectivity index (χ4n) is 1.34. The van der Waals surface area contributed by atoms with Gasteiger partial charge in [-0.15, -0.1) is 0 Å². The second kappa shape index (κ2) is 6.50. The summed E-state index contributed by atoms with van der Waals surface area (Å²) in [5.41, 5.74) is 0.403. The van der Waals surface area contributed by atoms with E-state index in [1.807, 2.05) is 6.92 Å². The number of amides is 1. The number of carbonyl (C=O) groups is 1. The van der Waals surface area contributed by atoms with Crippen molar-refractivity contribution >= 4 is 11.7 Å². The average Bonchev–Trinajstić information content (AvgIpc) is 2.36. The lowest BCUT2D eigenvalue weighted by atomic mass is 9.81. The third-order valence-electron chi connectivity index (χ3n) is 3.49. The Hall–Kier alpha value is -1.65. The zero-order valence-electron chi connectivity index (χ0n) is 12.4. The fraction of sp³-hybridized carbons (Fsp3) is 0.643. The normalized spacial score (nSPS) is 11.5. The summed E-state index contributed by atoms with van der Waals surface area (Å²) >= 11 is 0. The maximum absolute atomic E-state index is 12.0. The Balaban J connectivity index is 2.66. The quantitative estimate of drug-likeness (QED) is 0.827. The molecule has 0 bridgehead atoms. The van der Waals surface area contributed by atoms with Gasteiger partial charge in [0, 0.05) is 13.1 Å². The zero-order valence-corrected chi connectivity index (χ0v) is 12.4. The van der Waals surface area contributed by atoms with Crippen molar-refractivity contribution in [3.63, 3.8) is 0 Å². The van der Waals surface area contributed by atoms with Crippen molar-refractivity contribution in [1.29, 1.82) is 0 Å². The third-order valence-corrected chi connectivity index (χ3v) is 3.49. The van der Waals surface area contributed by atoms with Gasteiger partial charge in [-0.25, -0.2) is 4.98 Å². The molecule has 0 saturated heterocycles. The Morgan fingerprint density at radius 2 is 2.05 bits per heavy atom. The van der Waals surface area contributed by atoms with Gasteiger partial charge in [0.2, 0.25) is 0 Å². The predicted molar refractivity (Wildman–Crippen MR) is 77.1 cm³/mol. The number of rotatable bonds is 6. The van der Waals surface area contributed by atoms with E-state index in [0.717, 1.165) is 6.54 Å². The summed E-state index contributed by atoms with van der Waals surface area (Å²) in [6.45, 7) is 11.9. The summed E-state index contributed by atoms with van der Waals surface area (Å²) in [5, 5.41) is 5.96. The van der Waals surface area contributed by atoms with Gasteiger partial charge in [0.1, 0.15) is 11.5 Å². The van der Waals surface area contributed by atoms with Crippen molar-refractivity contribution in [2.24, 2.45) is 11.3 Å². The molecular formula is C14H24N4O. The molecule has 19 heavy (non-hydrogen) atoms. The van der Waals surface area contributed by atoms with Crippen LogP contribution in [0.5, 0.6) is 0 Å². The Morgan fingerprint density at radius 1 is 1.37 bits per heavy atom. The maximum atomic E-state index is 12.0. The van der Waals surface area contributed by atoms with Crippen LogP contribution in [0.3, 0.4) is 0 Å². The van der Waals surface area contributed by atoms with Crippen LogP contribution in [0.2, 0.25) is 0 Å². The van der Waals surface area contributed by atoms with Gasteiger partial charge < -0.3 is 10.6 Å². The van der Waals surface area contributed by atoms with Gasteiger partial charge in [0.05, 0.1) is 12.4 Å². The lowest BCUT2D eigenvalue weighted by Gasteiger charge is -2.29. The summed E-state index contributed by atoms with van der Waals surface area (Å²) in [5.74, 6) is 0.936. The molecule has 1 rings (SSSR count). The van der Waals surface area contributed by atoms with Gasteiger partial charge in [-0.2, -0.15) is 0 Å². The Morgan fingerprint density at radius 3 is 2.63 bits per heavy atom. The van der Waals surface area contributed by atoms with Gasteiger partial charge in [0.15, 0.2) is 0 Å². The molecule has 1 aromatic rings.